The highest BCUT2D eigenvalue weighted by molar-refractivity contribution is 6.06. The zero-order valence-electron chi connectivity index (χ0n) is 20.1. The van der Waals surface area contributed by atoms with Crippen LogP contribution in [0, 0.1) is 18.8 Å². The maximum atomic E-state index is 13.6. The van der Waals surface area contributed by atoms with Gasteiger partial charge in [0.15, 0.2) is 5.60 Å². The topological polar surface area (TPSA) is 62.2 Å². The Balaban J connectivity index is 1.50. The second-order valence-electron chi connectivity index (χ2n) is 10.1. The summed E-state index contributed by atoms with van der Waals surface area (Å²) in [5, 5.41) is 13.3. The van der Waals surface area contributed by atoms with Crippen LogP contribution >= 0.6 is 0 Å². The minimum Gasteiger partial charge on any atom is -0.380 e. The molecule has 1 heterocycles. The molecule has 4 nitrogen and oxygen atoms in total. The number of aromatic nitrogens is 1. The maximum absolute atomic E-state index is 13.6. The van der Waals surface area contributed by atoms with E-state index in [1.54, 1.807) is 18.3 Å². The number of nitrogens with one attached hydrogen (secondary N) is 1. The molecule has 1 aromatic heterocycles. The van der Waals surface area contributed by atoms with Gasteiger partial charge in [-0.3, -0.25) is 9.78 Å². The van der Waals surface area contributed by atoms with Crippen LogP contribution in [0.25, 0.3) is 0 Å². The largest absolute Gasteiger partial charge is 0.417 e. The van der Waals surface area contributed by atoms with Crippen LogP contribution in [0.2, 0.25) is 0 Å². The lowest BCUT2D eigenvalue weighted by molar-refractivity contribution is -0.271. The molecular weight excluding hydrogens is 465 g/mol. The average Bonchev–Trinajstić information content (AvgIpc) is 2.85. The molecule has 7 heteroatoms. The van der Waals surface area contributed by atoms with Crippen molar-refractivity contribution in [3.8, 4) is 0 Å². The molecule has 1 fully saturated rings. The number of nitrogens with zero attached hydrogens (tertiary/aromatic N) is 1. The number of carbonyl (C=O) groups is 1. The van der Waals surface area contributed by atoms with E-state index in [9.17, 15) is 23.1 Å². The molecule has 3 aliphatic rings. The number of aryl methyl sites for hydroxylation is 1. The third kappa shape index (κ3) is 4.64. The van der Waals surface area contributed by atoms with Crippen LogP contribution in [0.4, 0.5) is 18.9 Å². The third-order valence-electron chi connectivity index (χ3n) is 7.76. The predicted molar refractivity (Wildman–Crippen MR) is 132 cm³/mol. The van der Waals surface area contributed by atoms with Crippen molar-refractivity contribution in [3.63, 3.8) is 0 Å². The first-order valence-electron chi connectivity index (χ1n) is 12.4. The van der Waals surface area contributed by atoms with Gasteiger partial charge in [-0.15, -0.1) is 0 Å². The van der Waals surface area contributed by atoms with Crippen molar-refractivity contribution in [2.45, 2.75) is 57.2 Å². The van der Waals surface area contributed by atoms with Crippen LogP contribution < -0.4 is 5.32 Å². The molecular formula is C29H29F3N2O2. The van der Waals surface area contributed by atoms with Gasteiger partial charge in [-0.1, -0.05) is 42.0 Å². The maximum Gasteiger partial charge on any atom is 0.417 e. The third-order valence-corrected chi connectivity index (χ3v) is 7.76. The van der Waals surface area contributed by atoms with Crippen LogP contribution in [-0.4, -0.2) is 27.8 Å². The molecule has 3 atom stereocenters. The number of benzene rings is 1. The first-order valence-corrected chi connectivity index (χ1v) is 12.4. The fraction of sp³-hybridized carbons (Fsp3) is 0.379. The van der Waals surface area contributed by atoms with E-state index in [1.807, 2.05) is 49.4 Å². The zero-order chi connectivity index (χ0) is 25.5. The van der Waals surface area contributed by atoms with Crippen molar-refractivity contribution >= 4 is 11.6 Å². The van der Waals surface area contributed by atoms with Gasteiger partial charge in [-0.2, -0.15) is 13.2 Å². The van der Waals surface area contributed by atoms with Crippen molar-refractivity contribution in [1.82, 2.24) is 4.98 Å². The lowest BCUT2D eigenvalue weighted by atomic mass is 9.63. The smallest absolute Gasteiger partial charge is 0.380 e. The molecule has 0 saturated heterocycles. The normalized spacial score (nSPS) is 25.9. The minimum absolute atomic E-state index is 0.127. The summed E-state index contributed by atoms with van der Waals surface area (Å²) in [5.41, 5.74) is 3.49. The molecule has 36 heavy (non-hydrogen) atoms. The van der Waals surface area contributed by atoms with E-state index in [0.29, 0.717) is 30.5 Å². The lowest BCUT2D eigenvalue weighted by Crippen LogP contribution is -2.49. The Morgan fingerprint density at radius 2 is 1.94 bits per heavy atom. The number of amides is 1. The van der Waals surface area contributed by atoms with E-state index < -0.39 is 11.8 Å². The van der Waals surface area contributed by atoms with E-state index in [4.69, 9.17) is 0 Å². The number of hydrogen-bond acceptors (Lipinski definition) is 3. The van der Waals surface area contributed by atoms with Crippen molar-refractivity contribution in [3.05, 3.63) is 94.4 Å². The van der Waals surface area contributed by atoms with Gasteiger partial charge in [0.1, 0.15) is 0 Å². The van der Waals surface area contributed by atoms with Gasteiger partial charge in [0.05, 0.1) is 11.4 Å². The number of allylic oxidation sites excluding steroid dienone is 4. The molecule has 0 radical (unpaired) electrons. The van der Waals surface area contributed by atoms with Gasteiger partial charge in [0.2, 0.25) is 0 Å². The summed E-state index contributed by atoms with van der Waals surface area (Å²) in [5.74, 6) is -0.659. The van der Waals surface area contributed by atoms with E-state index >= 15 is 0 Å². The quantitative estimate of drug-likeness (QED) is 0.529. The summed E-state index contributed by atoms with van der Waals surface area (Å²) in [6, 6.07) is 13.5. The molecule has 2 N–H and O–H groups in total. The summed E-state index contributed by atoms with van der Waals surface area (Å²) >= 11 is 0. The van der Waals surface area contributed by atoms with E-state index in [0.717, 1.165) is 28.0 Å². The SMILES string of the molecule is Cc1ncccc1NC(=O)C1=C[C@@H](Cc2ccccc2)C2=C3CC[C@](O)(C(F)(F)F)C[C@H]3CCC2=C1. The number of anilines is 1. The fourth-order valence-corrected chi connectivity index (χ4v) is 5.88. The molecule has 0 aliphatic heterocycles. The number of pyridine rings is 1. The van der Waals surface area contributed by atoms with Crippen molar-refractivity contribution in [1.29, 1.82) is 0 Å². The second-order valence-corrected chi connectivity index (χ2v) is 10.1. The Bertz CT molecular complexity index is 1260. The van der Waals surface area contributed by atoms with Crippen LogP contribution in [0.3, 0.4) is 0 Å². The monoisotopic (exact) mass is 494 g/mol. The molecule has 2 aromatic rings. The summed E-state index contributed by atoms with van der Waals surface area (Å²) in [6.07, 6.45) is 2.25. The number of carbonyl (C=O) groups excluding carboxylic acids is 1. The fourth-order valence-electron chi connectivity index (χ4n) is 5.88. The van der Waals surface area contributed by atoms with Gasteiger partial charge in [-0.05, 0) is 86.3 Å². The van der Waals surface area contributed by atoms with Crippen LogP contribution in [0.1, 0.15) is 43.4 Å². The summed E-state index contributed by atoms with van der Waals surface area (Å²) in [7, 11) is 0. The summed E-state index contributed by atoms with van der Waals surface area (Å²) in [4.78, 5) is 17.5. The Kier molecular flexibility index (Phi) is 6.37. The van der Waals surface area contributed by atoms with Gasteiger partial charge >= 0.3 is 6.18 Å². The standard InChI is InChI=1S/C29H29F3N2O2/c1-18-25(8-5-13-33-18)34-27(35)23-15-20-9-10-21-17-28(36,29(30,31)32)12-11-24(21)26(20)22(16-23)14-19-6-3-2-4-7-19/h2-8,13,15-16,21-22,36H,9-12,14,17H2,1H3,(H,34,35)/t21-,22-,28-/m1/s1. The summed E-state index contributed by atoms with van der Waals surface area (Å²) < 4.78 is 40.8. The Morgan fingerprint density at radius 1 is 1.17 bits per heavy atom. The molecule has 188 valence electrons. The summed E-state index contributed by atoms with van der Waals surface area (Å²) in [6.45, 7) is 1.83. The number of aliphatic hydroxyl groups is 1. The molecule has 1 amide bonds. The van der Waals surface area contributed by atoms with Crippen LogP contribution in [0.5, 0.6) is 0 Å². The predicted octanol–water partition coefficient (Wildman–Crippen LogP) is 6.24. The molecule has 0 bridgehead atoms. The van der Waals surface area contributed by atoms with Crippen LogP contribution in [-0.2, 0) is 11.2 Å². The molecule has 3 aliphatic carbocycles. The van der Waals surface area contributed by atoms with Gasteiger partial charge in [0, 0.05) is 17.7 Å². The van der Waals surface area contributed by atoms with Crippen molar-refractivity contribution in [2.75, 3.05) is 5.32 Å². The first kappa shape index (κ1) is 24.5. The molecule has 1 saturated carbocycles. The van der Waals surface area contributed by atoms with Crippen molar-refractivity contribution < 1.29 is 23.1 Å². The molecule has 0 unspecified atom stereocenters. The lowest BCUT2D eigenvalue weighted by Gasteiger charge is -2.44. The zero-order valence-corrected chi connectivity index (χ0v) is 20.1. The molecule has 5 rings (SSSR count). The first-order chi connectivity index (χ1) is 17.1. The highest BCUT2D eigenvalue weighted by Crippen LogP contribution is 2.53. The Labute approximate surface area is 208 Å². The van der Waals surface area contributed by atoms with Crippen LogP contribution in [0.15, 0.2) is 83.1 Å². The number of hydrogen-bond donors (Lipinski definition) is 2. The molecule has 1 aromatic carbocycles. The van der Waals surface area contributed by atoms with E-state index in [-0.39, 0.29) is 37.0 Å². The highest BCUT2D eigenvalue weighted by atomic mass is 19.4. The molecule has 0 spiro atoms. The number of rotatable bonds is 4. The average molecular weight is 495 g/mol. The van der Waals surface area contributed by atoms with Gasteiger partial charge < -0.3 is 10.4 Å². The van der Waals surface area contributed by atoms with E-state index in [1.165, 1.54) is 0 Å². The second kappa shape index (κ2) is 9.36. The van der Waals surface area contributed by atoms with Gasteiger partial charge in [0.25, 0.3) is 5.91 Å². The number of alkyl halides is 3. The van der Waals surface area contributed by atoms with Crippen molar-refractivity contribution in [2.24, 2.45) is 11.8 Å². The number of halogens is 3. The Morgan fingerprint density at radius 3 is 2.67 bits per heavy atom. The Hall–Kier alpha value is -3.19. The van der Waals surface area contributed by atoms with Gasteiger partial charge in [-0.25, -0.2) is 0 Å². The number of fused-ring (bicyclic) bond motifs is 2. The minimum atomic E-state index is -4.63. The van der Waals surface area contributed by atoms with E-state index in [2.05, 4.69) is 10.3 Å². The highest BCUT2D eigenvalue weighted by Gasteiger charge is 2.56.